The fourth-order valence-corrected chi connectivity index (χ4v) is 2.05. The Labute approximate surface area is 146 Å². The number of benzene rings is 1. The van der Waals surface area contributed by atoms with E-state index in [1.54, 1.807) is 37.3 Å². The summed E-state index contributed by atoms with van der Waals surface area (Å²) in [6.07, 6.45) is 2.44. The Morgan fingerprint density at radius 1 is 1.24 bits per heavy atom. The summed E-state index contributed by atoms with van der Waals surface area (Å²) in [6, 6.07) is 9.46. The quantitative estimate of drug-likeness (QED) is 0.686. The fourth-order valence-electron chi connectivity index (χ4n) is 2.05. The molecule has 0 radical (unpaired) electrons. The predicted octanol–water partition coefficient (Wildman–Crippen LogP) is 2.89. The summed E-state index contributed by atoms with van der Waals surface area (Å²) in [5, 5.41) is 7.96. The van der Waals surface area contributed by atoms with Gasteiger partial charge in [0.1, 0.15) is 17.6 Å². The number of hydrogen-bond acceptors (Lipinski definition) is 4. The molecule has 0 aliphatic carbocycles. The molecule has 0 aliphatic heterocycles. The largest absolute Gasteiger partial charge is 0.494 e. The summed E-state index contributed by atoms with van der Waals surface area (Å²) < 4.78 is 10.7. The number of anilines is 1. The van der Waals surface area contributed by atoms with Crippen molar-refractivity contribution in [3.05, 3.63) is 48.4 Å². The lowest BCUT2D eigenvalue weighted by Crippen LogP contribution is -2.46. The Balaban J connectivity index is 1.79. The number of ether oxygens (including phenoxy) is 1. The monoisotopic (exact) mass is 345 g/mol. The van der Waals surface area contributed by atoms with Crippen LogP contribution in [0.2, 0.25) is 0 Å². The van der Waals surface area contributed by atoms with E-state index >= 15 is 0 Å². The number of urea groups is 1. The molecule has 7 nitrogen and oxygen atoms in total. The standard InChI is InChI=1S/C18H23N3O4/c1-3-9-24-15-7-4-6-14(11-15)21-18(23)20-13(2)17(22)19-12-16-8-5-10-25-16/h4-8,10-11,13H,3,9,12H2,1-2H3,(H,19,22)(H2,20,21,23)/t13-/m1/s1. The average molecular weight is 345 g/mol. The molecule has 0 saturated heterocycles. The van der Waals surface area contributed by atoms with Crippen molar-refractivity contribution in [2.75, 3.05) is 11.9 Å². The lowest BCUT2D eigenvalue weighted by Gasteiger charge is -2.15. The van der Waals surface area contributed by atoms with Gasteiger partial charge >= 0.3 is 6.03 Å². The van der Waals surface area contributed by atoms with E-state index in [0.29, 0.717) is 23.8 Å². The minimum absolute atomic E-state index is 0.274. The molecule has 1 atom stereocenters. The van der Waals surface area contributed by atoms with E-state index in [2.05, 4.69) is 16.0 Å². The van der Waals surface area contributed by atoms with Crippen LogP contribution in [0.5, 0.6) is 5.75 Å². The number of carbonyl (C=O) groups is 2. The van der Waals surface area contributed by atoms with Gasteiger partial charge in [-0.3, -0.25) is 4.79 Å². The first kappa shape index (κ1) is 18.4. The van der Waals surface area contributed by atoms with Crippen molar-refractivity contribution < 1.29 is 18.7 Å². The van der Waals surface area contributed by atoms with Crippen molar-refractivity contribution in [2.45, 2.75) is 32.9 Å². The molecule has 0 spiro atoms. The van der Waals surface area contributed by atoms with Crippen molar-refractivity contribution in [2.24, 2.45) is 0 Å². The van der Waals surface area contributed by atoms with Crippen LogP contribution >= 0.6 is 0 Å². The molecule has 1 heterocycles. The first-order valence-corrected chi connectivity index (χ1v) is 8.19. The fraction of sp³-hybridized carbons (Fsp3) is 0.333. The number of amides is 3. The van der Waals surface area contributed by atoms with E-state index in [4.69, 9.17) is 9.15 Å². The molecule has 3 amide bonds. The second-order valence-corrected chi connectivity index (χ2v) is 5.49. The Morgan fingerprint density at radius 2 is 2.08 bits per heavy atom. The zero-order valence-electron chi connectivity index (χ0n) is 14.4. The molecule has 2 aromatic rings. The van der Waals surface area contributed by atoms with Gasteiger partial charge in [-0.2, -0.15) is 0 Å². The Bertz CT molecular complexity index is 685. The van der Waals surface area contributed by atoms with Gasteiger partial charge in [-0.15, -0.1) is 0 Å². The minimum atomic E-state index is -0.686. The van der Waals surface area contributed by atoms with Gasteiger partial charge in [-0.25, -0.2) is 4.79 Å². The maximum atomic E-state index is 12.0. The topological polar surface area (TPSA) is 92.6 Å². The van der Waals surface area contributed by atoms with E-state index in [-0.39, 0.29) is 12.5 Å². The van der Waals surface area contributed by atoms with Crippen molar-refractivity contribution in [3.8, 4) is 5.75 Å². The van der Waals surface area contributed by atoms with Crippen molar-refractivity contribution in [3.63, 3.8) is 0 Å². The van der Waals surface area contributed by atoms with Gasteiger partial charge in [-0.1, -0.05) is 13.0 Å². The molecule has 2 rings (SSSR count). The van der Waals surface area contributed by atoms with E-state index in [1.807, 2.05) is 13.0 Å². The summed E-state index contributed by atoms with van der Waals surface area (Å²) in [4.78, 5) is 24.0. The Morgan fingerprint density at radius 3 is 2.80 bits per heavy atom. The van der Waals surface area contributed by atoms with Crippen LogP contribution in [-0.2, 0) is 11.3 Å². The number of rotatable bonds is 8. The van der Waals surface area contributed by atoms with Gasteiger partial charge in [0.2, 0.25) is 5.91 Å². The molecule has 0 bridgehead atoms. The smallest absolute Gasteiger partial charge is 0.319 e. The molecule has 7 heteroatoms. The number of furan rings is 1. The molecule has 25 heavy (non-hydrogen) atoms. The van der Waals surface area contributed by atoms with Crippen LogP contribution in [0.4, 0.5) is 10.5 Å². The second-order valence-electron chi connectivity index (χ2n) is 5.49. The van der Waals surface area contributed by atoms with Crippen LogP contribution in [0, 0.1) is 0 Å². The predicted molar refractivity (Wildman–Crippen MR) is 94.4 cm³/mol. The van der Waals surface area contributed by atoms with E-state index in [0.717, 1.165) is 6.42 Å². The minimum Gasteiger partial charge on any atom is -0.494 e. The first-order valence-electron chi connectivity index (χ1n) is 8.19. The summed E-state index contributed by atoms with van der Waals surface area (Å²) >= 11 is 0. The second kappa shape index (κ2) is 9.36. The molecule has 0 aliphatic rings. The van der Waals surface area contributed by atoms with Gasteiger partial charge in [0.15, 0.2) is 0 Å². The SMILES string of the molecule is CCCOc1cccc(NC(=O)N[C@H](C)C(=O)NCc2ccco2)c1. The van der Waals surface area contributed by atoms with Crippen molar-refractivity contribution in [1.82, 2.24) is 10.6 Å². The maximum absolute atomic E-state index is 12.0. The molecule has 3 N–H and O–H groups in total. The van der Waals surface area contributed by atoms with Crippen molar-refractivity contribution in [1.29, 1.82) is 0 Å². The molecular weight excluding hydrogens is 322 g/mol. The number of hydrogen-bond donors (Lipinski definition) is 3. The van der Waals surface area contributed by atoms with E-state index < -0.39 is 12.1 Å². The zero-order chi connectivity index (χ0) is 18.1. The lowest BCUT2D eigenvalue weighted by molar-refractivity contribution is -0.122. The summed E-state index contributed by atoms with van der Waals surface area (Å²) in [7, 11) is 0. The maximum Gasteiger partial charge on any atom is 0.319 e. The van der Waals surface area contributed by atoms with E-state index in [9.17, 15) is 9.59 Å². The third-order valence-electron chi connectivity index (χ3n) is 3.32. The van der Waals surface area contributed by atoms with Gasteiger partial charge in [-0.05, 0) is 37.6 Å². The zero-order valence-corrected chi connectivity index (χ0v) is 14.4. The first-order chi connectivity index (χ1) is 12.1. The molecule has 0 fully saturated rings. The summed E-state index contributed by atoms with van der Waals surface area (Å²) in [6.45, 7) is 4.52. The van der Waals surface area contributed by atoms with Crippen LogP contribution in [0.15, 0.2) is 47.1 Å². The Hall–Kier alpha value is -2.96. The summed E-state index contributed by atoms with van der Waals surface area (Å²) in [5.41, 5.74) is 0.592. The molecule has 134 valence electrons. The van der Waals surface area contributed by atoms with Gasteiger partial charge < -0.3 is 25.1 Å². The third-order valence-corrected chi connectivity index (χ3v) is 3.32. The molecular formula is C18H23N3O4. The van der Waals surface area contributed by atoms with Gasteiger partial charge in [0.05, 0.1) is 19.4 Å². The van der Waals surface area contributed by atoms with Crippen LogP contribution in [0.1, 0.15) is 26.0 Å². The highest BCUT2D eigenvalue weighted by Crippen LogP contribution is 2.17. The number of carbonyl (C=O) groups excluding carboxylic acids is 2. The van der Waals surface area contributed by atoms with Gasteiger partial charge in [0.25, 0.3) is 0 Å². The molecule has 1 aromatic heterocycles. The Kier molecular flexibility index (Phi) is 6.88. The highest BCUT2D eigenvalue weighted by Gasteiger charge is 2.15. The third kappa shape index (κ3) is 6.21. The molecule has 0 saturated carbocycles. The van der Waals surface area contributed by atoms with Crippen LogP contribution in [-0.4, -0.2) is 24.6 Å². The molecule has 0 unspecified atom stereocenters. The van der Waals surface area contributed by atoms with Crippen LogP contribution in [0.25, 0.3) is 0 Å². The van der Waals surface area contributed by atoms with Crippen LogP contribution in [0.3, 0.4) is 0 Å². The highest BCUT2D eigenvalue weighted by molar-refractivity contribution is 5.93. The molecule has 1 aromatic carbocycles. The van der Waals surface area contributed by atoms with Crippen molar-refractivity contribution >= 4 is 17.6 Å². The highest BCUT2D eigenvalue weighted by atomic mass is 16.5. The number of nitrogens with one attached hydrogen (secondary N) is 3. The van der Waals surface area contributed by atoms with E-state index in [1.165, 1.54) is 6.26 Å². The average Bonchev–Trinajstić information content (AvgIpc) is 3.11. The van der Waals surface area contributed by atoms with Crippen LogP contribution < -0.4 is 20.7 Å². The normalized spacial score (nSPS) is 11.4. The summed E-state index contributed by atoms with van der Waals surface area (Å²) in [5.74, 6) is 1.03. The lowest BCUT2D eigenvalue weighted by atomic mass is 10.3. The van der Waals surface area contributed by atoms with Gasteiger partial charge in [0, 0.05) is 11.8 Å².